The molecule has 9 aromatic carbocycles. The largest absolute Gasteiger partial charge is 0.457 e. The zero-order chi connectivity index (χ0) is 59.3. The van der Waals surface area contributed by atoms with Crippen LogP contribution in [-0.4, -0.2) is 12.4 Å². The van der Waals surface area contributed by atoms with Gasteiger partial charge in [-0.3, -0.25) is 0 Å². The van der Waals surface area contributed by atoms with E-state index in [-0.39, 0.29) is 5.41 Å². The van der Waals surface area contributed by atoms with Crippen LogP contribution in [0.4, 0.5) is 26.3 Å². The second-order valence-electron chi connectivity index (χ2n) is 22.1. The maximum absolute atomic E-state index is 13.7. The minimum Gasteiger partial charge on any atom is -0.457 e. The summed E-state index contributed by atoms with van der Waals surface area (Å²) in [5.41, 5.74) is 10.5. The molecule has 9 aromatic rings. The minimum atomic E-state index is -5.53. The Morgan fingerprint density at radius 2 is 0.642 bits per heavy atom. The minimum absolute atomic E-state index is 0.206. The molecule has 10 rings (SSSR count). The Kier molecular flexibility index (Phi) is 20.8. The highest BCUT2D eigenvalue weighted by atomic mass is 19.4. The molecule has 422 valence electrons. The van der Waals surface area contributed by atoms with E-state index in [9.17, 15) is 26.3 Å². The number of halogens is 6. The first kappa shape index (κ1) is 62.4. The summed E-state index contributed by atoms with van der Waals surface area (Å²) in [6.07, 6.45) is -11.1. The van der Waals surface area contributed by atoms with Crippen LogP contribution in [0.5, 0.6) is 23.0 Å². The Labute approximate surface area is 477 Å². The molecule has 0 bridgehead atoms. The van der Waals surface area contributed by atoms with Gasteiger partial charge in [0.15, 0.2) is 0 Å². The van der Waals surface area contributed by atoms with Gasteiger partial charge in [0, 0.05) is 0 Å². The highest BCUT2D eigenvalue weighted by Crippen LogP contribution is 2.57. The number of benzene rings is 9. The Bertz CT molecular complexity index is 3270. The molecule has 1 aliphatic rings. The summed E-state index contributed by atoms with van der Waals surface area (Å²) >= 11 is 0. The molecule has 0 amide bonds. The van der Waals surface area contributed by atoms with E-state index in [0.717, 1.165) is 47.3 Å². The predicted molar refractivity (Wildman–Crippen MR) is 323 cm³/mol. The van der Waals surface area contributed by atoms with E-state index in [0.29, 0.717) is 23.0 Å². The lowest BCUT2D eigenvalue weighted by molar-refractivity contribution is -0.288. The summed E-state index contributed by atoms with van der Waals surface area (Å²) in [4.78, 5) is 0. The number of hydrogen-bond donors (Lipinski definition) is 0. The van der Waals surface area contributed by atoms with Crippen molar-refractivity contribution in [1.29, 1.82) is 0 Å². The Morgan fingerprint density at radius 3 is 0.988 bits per heavy atom. The zero-order valence-electron chi connectivity index (χ0n) is 48.9. The maximum Gasteiger partial charge on any atom is 0.411 e. The van der Waals surface area contributed by atoms with E-state index in [2.05, 4.69) is 149 Å². The third-order valence-electron chi connectivity index (χ3n) is 14.6. The zero-order valence-corrected chi connectivity index (χ0v) is 48.9. The quantitative estimate of drug-likeness (QED) is 0.148. The summed E-state index contributed by atoms with van der Waals surface area (Å²) < 4.78 is 93.7. The van der Waals surface area contributed by atoms with Crippen molar-refractivity contribution in [2.24, 2.45) is 0 Å². The van der Waals surface area contributed by atoms with Crippen LogP contribution in [0.15, 0.2) is 212 Å². The second-order valence-corrected chi connectivity index (χ2v) is 22.1. The van der Waals surface area contributed by atoms with Gasteiger partial charge in [0.1, 0.15) is 23.0 Å². The highest BCUT2D eigenvalue weighted by molar-refractivity contribution is 5.50. The van der Waals surface area contributed by atoms with Crippen molar-refractivity contribution in [2.45, 2.75) is 125 Å². The van der Waals surface area contributed by atoms with Crippen molar-refractivity contribution in [3.05, 3.63) is 296 Å². The average Bonchev–Trinajstić information content (AvgIpc) is 3.88. The van der Waals surface area contributed by atoms with Crippen LogP contribution in [0.3, 0.4) is 0 Å². The molecule has 0 aromatic heterocycles. The van der Waals surface area contributed by atoms with E-state index in [1.54, 1.807) is 19.4 Å². The van der Waals surface area contributed by atoms with Crippen molar-refractivity contribution in [2.75, 3.05) is 0 Å². The molecule has 8 heteroatoms. The summed E-state index contributed by atoms with van der Waals surface area (Å²) in [6.45, 7) is 27.2. The van der Waals surface area contributed by atoms with Gasteiger partial charge in [-0.05, 0) is 168 Å². The smallest absolute Gasteiger partial charge is 0.411 e. The van der Waals surface area contributed by atoms with E-state index >= 15 is 0 Å². The van der Waals surface area contributed by atoms with Crippen LogP contribution in [-0.2, 0) is 10.8 Å². The van der Waals surface area contributed by atoms with Gasteiger partial charge in [-0.25, -0.2) is 0 Å². The third kappa shape index (κ3) is 16.4. The topological polar surface area (TPSA) is 18.5 Å². The highest BCUT2D eigenvalue weighted by Gasteiger charge is 2.72. The van der Waals surface area contributed by atoms with E-state index in [1.165, 1.54) is 79.9 Å². The lowest BCUT2D eigenvalue weighted by Crippen LogP contribution is -2.54. The molecule has 2 atom stereocenters. The van der Waals surface area contributed by atoms with Crippen molar-refractivity contribution >= 4 is 0 Å². The molecule has 2 unspecified atom stereocenters. The van der Waals surface area contributed by atoms with Crippen LogP contribution in [0.1, 0.15) is 116 Å². The molecule has 81 heavy (non-hydrogen) atoms. The molecule has 0 saturated carbocycles. The van der Waals surface area contributed by atoms with E-state index in [1.807, 2.05) is 91.0 Å². The molecule has 0 spiro atoms. The number of ether oxygens (including phenoxy) is 2. The molecule has 0 saturated heterocycles. The third-order valence-corrected chi connectivity index (χ3v) is 14.6. The van der Waals surface area contributed by atoms with Crippen molar-refractivity contribution in [3.63, 3.8) is 0 Å². The first-order valence-corrected chi connectivity index (χ1v) is 27.3. The fourth-order valence-corrected chi connectivity index (χ4v) is 10.3. The molecule has 1 aliphatic carbocycles. The van der Waals surface area contributed by atoms with Gasteiger partial charge in [0.05, 0.1) is 0 Å². The lowest BCUT2D eigenvalue weighted by Gasteiger charge is -2.38. The number of alkyl halides is 6. The van der Waals surface area contributed by atoms with E-state index in [4.69, 9.17) is 9.47 Å². The number of aryl methyl sites for hydroxylation is 10. The van der Waals surface area contributed by atoms with Crippen LogP contribution in [0.2, 0.25) is 0 Å². The summed E-state index contributed by atoms with van der Waals surface area (Å²) in [7, 11) is 0. The molecular formula is C73H76F6O2. The van der Waals surface area contributed by atoms with E-state index < -0.39 is 28.9 Å². The standard InChI is InChI=1S/C20H24.C17H14F6.2C14H14O.C8H10/c1-13-6-9-16(10-7-13)19-15(3)17-12-14(2)8-11-18(17)20(19,4)5;1-11-3-7-13(8-4-11)15(16(18,19)20,17(21,22)23)14-9-5-12(2)6-10-14;1-11-3-7-13(8-4-11)15-14-9-5-12(2)6-10-14;1-11-6-8-13(9-7-11)15-14-5-3-4-12(2)10-14;1-7-4-3-5-8(2)6-7/h6-12,15,19H,1-5H3;3-10H,1-2H3;2*3-10H,1-2H3;3-6H,1-2H3. The number of hydrogen-bond acceptors (Lipinski definition) is 2. The molecule has 2 nitrogen and oxygen atoms in total. The van der Waals surface area contributed by atoms with Crippen molar-refractivity contribution in [3.8, 4) is 23.0 Å². The number of fused-ring (bicyclic) bond motifs is 1. The molecule has 0 fully saturated rings. The molecular weight excluding hydrogens is 1020 g/mol. The Hall–Kier alpha value is -7.84. The molecule has 0 N–H and O–H groups in total. The second kappa shape index (κ2) is 27.1. The van der Waals surface area contributed by atoms with Gasteiger partial charge >= 0.3 is 12.4 Å². The van der Waals surface area contributed by atoms with Crippen LogP contribution in [0, 0.1) is 69.2 Å². The fourth-order valence-electron chi connectivity index (χ4n) is 10.3. The predicted octanol–water partition coefficient (Wildman–Crippen LogP) is 21.7. The summed E-state index contributed by atoms with van der Waals surface area (Å²) in [6, 6.07) is 65.3. The summed E-state index contributed by atoms with van der Waals surface area (Å²) in [5, 5.41) is 0. The van der Waals surface area contributed by atoms with Gasteiger partial charge < -0.3 is 9.47 Å². The van der Waals surface area contributed by atoms with Crippen LogP contribution >= 0.6 is 0 Å². The first-order valence-electron chi connectivity index (χ1n) is 27.3. The monoisotopic (exact) mass is 1100 g/mol. The average molecular weight is 1100 g/mol. The van der Waals surface area contributed by atoms with Crippen LogP contribution < -0.4 is 9.47 Å². The fraction of sp³-hybridized carbons (Fsp3) is 0.260. The molecule has 0 radical (unpaired) electrons. The number of rotatable bonds is 7. The van der Waals surface area contributed by atoms with Gasteiger partial charge in [0.2, 0.25) is 5.41 Å². The SMILES string of the molecule is Cc1ccc(C(c2ccc(C)cc2)(C(F)(F)F)C(F)(F)F)cc1.Cc1ccc(C2C(C)c3cc(C)ccc3C2(C)C)cc1.Cc1ccc(Oc2ccc(C)cc2)cc1.Cc1ccc(Oc2cccc(C)c2)cc1.Cc1cccc(C)c1. The lowest BCUT2D eigenvalue weighted by atomic mass is 9.72. The molecule has 0 aliphatic heterocycles. The van der Waals surface area contributed by atoms with Crippen LogP contribution in [0.25, 0.3) is 0 Å². The van der Waals surface area contributed by atoms with Gasteiger partial charge in [0.25, 0.3) is 0 Å². The van der Waals surface area contributed by atoms with Gasteiger partial charge in [-0.2, -0.15) is 26.3 Å². The van der Waals surface area contributed by atoms with Crippen molar-refractivity contribution in [1.82, 2.24) is 0 Å². The first-order chi connectivity index (χ1) is 38.2. The van der Waals surface area contributed by atoms with Gasteiger partial charge in [-0.1, -0.05) is 235 Å². The normalized spacial score (nSPS) is 14.2. The molecule has 0 heterocycles. The Morgan fingerprint density at radius 1 is 0.333 bits per heavy atom. The summed E-state index contributed by atoms with van der Waals surface area (Å²) in [5.74, 6) is 4.68. The maximum atomic E-state index is 13.7. The van der Waals surface area contributed by atoms with Gasteiger partial charge in [-0.15, -0.1) is 0 Å². The van der Waals surface area contributed by atoms with Crippen molar-refractivity contribution < 1.29 is 35.8 Å². The Balaban J connectivity index is 0.000000168.